The molecule has 1 aromatic rings. The van der Waals surface area contributed by atoms with Gasteiger partial charge in [0.2, 0.25) is 0 Å². The molecule has 0 bridgehead atoms. The van der Waals surface area contributed by atoms with Crippen LogP contribution in [0, 0.1) is 0 Å². The Morgan fingerprint density at radius 3 is 1.62 bits per heavy atom. The Labute approximate surface area is 104 Å². The maximum absolute atomic E-state index is 10.1. The van der Waals surface area contributed by atoms with Gasteiger partial charge in [0.05, 0.1) is 0 Å². The van der Waals surface area contributed by atoms with Crippen molar-refractivity contribution in [3.05, 3.63) is 23.3 Å². The first-order valence-corrected chi connectivity index (χ1v) is 6.06. The Hall–Kier alpha value is -0.630. The van der Waals surface area contributed by atoms with E-state index in [1.807, 2.05) is 6.07 Å². The van der Waals surface area contributed by atoms with Gasteiger partial charge >= 0.3 is 0 Å². The molecule has 0 saturated heterocycles. The van der Waals surface area contributed by atoms with Crippen molar-refractivity contribution in [3.63, 3.8) is 0 Å². The Balaban J connectivity index is 3.64. The topological polar surface area (TPSA) is 20.2 Å². The van der Waals surface area contributed by atoms with Crippen molar-refractivity contribution >= 4 is 12.6 Å². The average Bonchev–Trinajstić information content (AvgIpc) is 2.04. The number of phenolic OH excluding ortho intramolecular Hbond substituents is 1. The van der Waals surface area contributed by atoms with Crippen molar-refractivity contribution in [2.45, 2.75) is 57.3 Å². The Bertz CT molecular complexity index is 355. The van der Waals surface area contributed by atoms with Gasteiger partial charge in [-0.3, -0.25) is 0 Å². The van der Waals surface area contributed by atoms with Crippen molar-refractivity contribution in [2.24, 2.45) is 0 Å². The van der Waals surface area contributed by atoms with Crippen molar-refractivity contribution in [1.29, 1.82) is 0 Å². The smallest absolute Gasteiger partial charge is 0.119 e. The first kappa shape index (κ1) is 13.4. The first-order valence-electron chi connectivity index (χ1n) is 5.61. The van der Waals surface area contributed by atoms with Crippen molar-refractivity contribution in [1.82, 2.24) is 0 Å². The quantitative estimate of drug-likeness (QED) is 0.647. The van der Waals surface area contributed by atoms with E-state index in [0.717, 1.165) is 16.0 Å². The summed E-state index contributed by atoms with van der Waals surface area (Å²) in [6.45, 7) is 12.8. The van der Waals surface area contributed by atoms with Crippen LogP contribution in [0.5, 0.6) is 5.75 Å². The molecule has 0 amide bonds. The second-order valence-electron chi connectivity index (χ2n) is 6.35. The molecule has 0 atom stereocenters. The minimum atomic E-state index is -0.0779. The van der Waals surface area contributed by atoms with E-state index in [9.17, 15) is 5.11 Å². The second-order valence-corrected chi connectivity index (χ2v) is 6.84. The summed E-state index contributed by atoms with van der Waals surface area (Å²) in [6, 6.07) is 3.60. The van der Waals surface area contributed by atoms with E-state index in [1.165, 1.54) is 0 Å². The molecule has 90 valence electrons. The van der Waals surface area contributed by atoms with Gasteiger partial charge in [-0.15, -0.1) is 12.6 Å². The summed E-state index contributed by atoms with van der Waals surface area (Å²) in [7, 11) is 0. The summed E-state index contributed by atoms with van der Waals surface area (Å²) in [6.07, 6.45) is 0. The number of aromatic hydroxyl groups is 1. The van der Waals surface area contributed by atoms with Crippen LogP contribution < -0.4 is 0 Å². The van der Waals surface area contributed by atoms with Crippen LogP contribution in [0.2, 0.25) is 0 Å². The van der Waals surface area contributed by atoms with E-state index < -0.39 is 0 Å². The molecule has 1 aromatic carbocycles. The van der Waals surface area contributed by atoms with E-state index in [-0.39, 0.29) is 10.8 Å². The zero-order valence-corrected chi connectivity index (χ0v) is 11.9. The van der Waals surface area contributed by atoms with Gasteiger partial charge in [0.1, 0.15) is 5.75 Å². The Morgan fingerprint density at radius 2 is 1.31 bits per heavy atom. The van der Waals surface area contributed by atoms with Crippen LogP contribution >= 0.6 is 12.6 Å². The molecule has 0 saturated carbocycles. The average molecular weight is 238 g/mol. The highest BCUT2D eigenvalue weighted by molar-refractivity contribution is 7.80. The van der Waals surface area contributed by atoms with Crippen LogP contribution in [0.3, 0.4) is 0 Å². The Kier molecular flexibility index (Phi) is 3.35. The lowest BCUT2D eigenvalue weighted by Crippen LogP contribution is -2.22. The second kappa shape index (κ2) is 3.99. The fraction of sp³-hybridized carbons (Fsp3) is 0.571. The van der Waals surface area contributed by atoms with E-state index in [1.54, 1.807) is 6.07 Å². The third-order valence-electron chi connectivity index (χ3n) is 2.66. The molecular formula is C14H22OS. The zero-order chi connectivity index (χ0) is 12.7. The molecule has 0 heterocycles. The molecule has 0 unspecified atom stereocenters. The maximum atomic E-state index is 10.1. The molecule has 0 aromatic heterocycles. The van der Waals surface area contributed by atoms with Crippen LogP contribution in [0.15, 0.2) is 17.0 Å². The predicted molar refractivity (Wildman–Crippen MR) is 72.8 cm³/mol. The summed E-state index contributed by atoms with van der Waals surface area (Å²) in [5.74, 6) is 0.371. The molecule has 0 fully saturated rings. The zero-order valence-electron chi connectivity index (χ0n) is 11.0. The van der Waals surface area contributed by atoms with Crippen molar-refractivity contribution in [3.8, 4) is 5.75 Å². The lowest BCUT2D eigenvalue weighted by Gasteiger charge is -2.32. The van der Waals surface area contributed by atoms with E-state index in [2.05, 4.69) is 54.2 Å². The number of thiol groups is 1. The standard InChI is InChI=1S/C14H22OS/c1-13(2,3)11-9(15)7-8-10(16)12(11)14(4,5)6/h7-8,15-16H,1-6H3. The van der Waals surface area contributed by atoms with E-state index in [0.29, 0.717) is 5.75 Å². The fourth-order valence-corrected chi connectivity index (χ4v) is 2.62. The molecular weight excluding hydrogens is 216 g/mol. The minimum Gasteiger partial charge on any atom is -0.508 e. The molecule has 2 heteroatoms. The molecule has 1 nitrogen and oxygen atoms in total. The van der Waals surface area contributed by atoms with Crippen LogP contribution in [0.25, 0.3) is 0 Å². The third kappa shape index (κ3) is 2.54. The van der Waals surface area contributed by atoms with Gasteiger partial charge < -0.3 is 5.11 Å². The van der Waals surface area contributed by atoms with Gasteiger partial charge in [0, 0.05) is 10.5 Å². The van der Waals surface area contributed by atoms with Crippen LogP contribution in [-0.2, 0) is 10.8 Å². The lowest BCUT2D eigenvalue weighted by atomic mass is 9.75. The Morgan fingerprint density at radius 1 is 0.875 bits per heavy atom. The number of rotatable bonds is 0. The fourth-order valence-electron chi connectivity index (χ4n) is 2.10. The SMILES string of the molecule is CC(C)(C)c1c(O)ccc(S)c1C(C)(C)C. The van der Waals surface area contributed by atoms with Gasteiger partial charge in [-0.05, 0) is 28.5 Å². The molecule has 0 aliphatic heterocycles. The number of hydrogen-bond acceptors (Lipinski definition) is 2. The summed E-state index contributed by atoms with van der Waals surface area (Å²) < 4.78 is 0. The maximum Gasteiger partial charge on any atom is 0.119 e. The first-order chi connectivity index (χ1) is 7.05. The summed E-state index contributed by atoms with van der Waals surface area (Å²) in [5.41, 5.74) is 2.06. The highest BCUT2D eigenvalue weighted by Gasteiger charge is 2.29. The summed E-state index contributed by atoms with van der Waals surface area (Å²) in [5, 5.41) is 10.1. The molecule has 1 rings (SSSR count). The molecule has 0 aliphatic rings. The van der Waals surface area contributed by atoms with E-state index in [4.69, 9.17) is 0 Å². The minimum absolute atomic E-state index is 0.0154. The molecule has 0 aliphatic carbocycles. The van der Waals surface area contributed by atoms with Crippen LogP contribution in [0.1, 0.15) is 52.7 Å². The number of benzene rings is 1. The highest BCUT2D eigenvalue weighted by atomic mass is 32.1. The largest absolute Gasteiger partial charge is 0.508 e. The highest BCUT2D eigenvalue weighted by Crippen LogP contribution is 2.42. The number of phenols is 1. The van der Waals surface area contributed by atoms with Gasteiger partial charge in [-0.25, -0.2) is 0 Å². The number of hydrogen-bond donors (Lipinski definition) is 2. The molecule has 0 spiro atoms. The molecule has 1 N–H and O–H groups in total. The molecule has 0 radical (unpaired) electrons. The van der Waals surface area contributed by atoms with Gasteiger partial charge in [0.15, 0.2) is 0 Å². The van der Waals surface area contributed by atoms with Crippen LogP contribution in [-0.4, -0.2) is 5.11 Å². The summed E-state index contributed by atoms with van der Waals surface area (Å²) >= 11 is 4.53. The van der Waals surface area contributed by atoms with Crippen molar-refractivity contribution in [2.75, 3.05) is 0 Å². The summed E-state index contributed by atoms with van der Waals surface area (Å²) in [4.78, 5) is 0.954. The monoisotopic (exact) mass is 238 g/mol. The van der Waals surface area contributed by atoms with Crippen molar-refractivity contribution < 1.29 is 5.11 Å². The molecule has 16 heavy (non-hydrogen) atoms. The lowest BCUT2D eigenvalue weighted by molar-refractivity contribution is 0.432. The van der Waals surface area contributed by atoms with Crippen LogP contribution in [0.4, 0.5) is 0 Å². The third-order valence-corrected chi connectivity index (χ3v) is 3.03. The van der Waals surface area contributed by atoms with Gasteiger partial charge in [0.25, 0.3) is 0 Å². The van der Waals surface area contributed by atoms with Gasteiger partial charge in [-0.1, -0.05) is 41.5 Å². The van der Waals surface area contributed by atoms with E-state index >= 15 is 0 Å². The van der Waals surface area contributed by atoms with Gasteiger partial charge in [-0.2, -0.15) is 0 Å². The normalized spacial score (nSPS) is 12.9. The predicted octanol–water partition coefficient (Wildman–Crippen LogP) is 4.28.